The van der Waals surface area contributed by atoms with Gasteiger partial charge < -0.3 is 4.90 Å². The van der Waals surface area contributed by atoms with Crippen LogP contribution in [0.1, 0.15) is 22.3 Å². The summed E-state index contributed by atoms with van der Waals surface area (Å²) in [6, 6.07) is 91.0. The van der Waals surface area contributed by atoms with Gasteiger partial charge in [0, 0.05) is 16.9 Å². The van der Waals surface area contributed by atoms with Gasteiger partial charge in [-0.25, -0.2) is 0 Å². The average Bonchev–Trinajstić information content (AvgIpc) is 3.64. The van der Waals surface area contributed by atoms with Crippen molar-refractivity contribution in [1.82, 2.24) is 0 Å². The Bertz CT molecular complexity index is 3070. The minimum atomic E-state index is -0.499. The highest BCUT2D eigenvalue weighted by Gasteiger charge is 2.47. The van der Waals surface area contributed by atoms with Crippen LogP contribution in [0.4, 0.5) is 17.1 Å². The molecule has 60 heavy (non-hydrogen) atoms. The SMILES string of the molecule is c1ccc(-c2ccccc2-c2ccc(N(c3ccc(-c4ccc5ccccc5c4)cc3)c3cccc4c3-c3ccccc3C4(c3ccccc3)c3ccccc3)cc2)cc1. The molecule has 0 saturated carbocycles. The standard InChI is InChI=1S/C59H41N/c1-4-18-44(19-5-1)52-25-12-13-26-53(52)45-35-39-51(40-36-45)60(50-37-33-43(34-38-50)47-32-31-42-17-10-11-20-46(42)41-47)57-30-16-29-56-58(57)54-27-14-15-28-55(54)59(56,48-21-6-2-7-22-48)49-23-8-3-9-24-49/h1-41H. The summed E-state index contributed by atoms with van der Waals surface area (Å²) >= 11 is 0. The van der Waals surface area contributed by atoms with E-state index in [1.54, 1.807) is 0 Å². The highest BCUT2D eigenvalue weighted by molar-refractivity contribution is 5.98. The molecule has 0 heterocycles. The molecule has 0 aliphatic heterocycles. The summed E-state index contributed by atoms with van der Waals surface area (Å²) in [4.78, 5) is 2.46. The Labute approximate surface area is 352 Å². The Morgan fingerprint density at radius 3 is 1.38 bits per heavy atom. The molecule has 1 heteroatoms. The number of hydrogen-bond donors (Lipinski definition) is 0. The molecule has 282 valence electrons. The van der Waals surface area contributed by atoms with Gasteiger partial charge >= 0.3 is 0 Å². The van der Waals surface area contributed by atoms with Gasteiger partial charge in [-0.2, -0.15) is 0 Å². The molecule has 0 atom stereocenters. The maximum absolute atomic E-state index is 2.46. The molecule has 0 bridgehead atoms. The number of hydrogen-bond acceptors (Lipinski definition) is 1. The van der Waals surface area contributed by atoms with E-state index in [1.165, 1.54) is 77.5 Å². The predicted molar refractivity (Wildman–Crippen MR) is 252 cm³/mol. The van der Waals surface area contributed by atoms with Gasteiger partial charge in [-0.05, 0) is 108 Å². The van der Waals surface area contributed by atoms with Gasteiger partial charge in [-0.15, -0.1) is 0 Å². The first-order valence-electron chi connectivity index (χ1n) is 20.8. The number of fused-ring (bicyclic) bond motifs is 4. The second-order valence-electron chi connectivity index (χ2n) is 15.6. The summed E-state index contributed by atoms with van der Waals surface area (Å²) in [5.41, 5.74) is 17.7. The zero-order chi connectivity index (χ0) is 39.9. The van der Waals surface area contributed by atoms with Crippen molar-refractivity contribution in [1.29, 1.82) is 0 Å². The van der Waals surface area contributed by atoms with E-state index in [4.69, 9.17) is 0 Å². The van der Waals surface area contributed by atoms with Crippen LogP contribution in [-0.4, -0.2) is 0 Å². The lowest BCUT2D eigenvalue weighted by atomic mass is 9.68. The van der Waals surface area contributed by atoms with Crippen LogP contribution in [0.25, 0.3) is 55.3 Å². The number of nitrogens with zero attached hydrogens (tertiary/aromatic N) is 1. The Kier molecular flexibility index (Phi) is 8.79. The highest BCUT2D eigenvalue weighted by Crippen LogP contribution is 2.59. The van der Waals surface area contributed by atoms with E-state index >= 15 is 0 Å². The molecule has 10 aromatic rings. The van der Waals surface area contributed by atoms with Crippen molar-refractivity contribution in [2.75, 3.05) is 4.90 Å². The van der Waals surface area contributed by atoms with Crippen LogP contribution < -0.4 is 4.90 Å². The van der Waals surface area contributed by atoms with Crippen molar-refractivity contribution in [3.8, 4) is 44.5 Å². The molecule has 1 aliphatic rings. The zero-order valence-electron chi connectivity index (χ0n) is 33.1. The van der Waals surface area contributed by atoms with E-state index in [-0.39, 0.29) is 0 Å². The molecule has 1 nitrogen and oxygen atoms in total. The Morgan fingerprint density at radius 2 is 0.750 bits per heavy atom. The first-order valence-corrected chi connectivity index (χ1v) is 20.8. The first kappa shape index (κ1) is 35.4. The van der Waals surface area contributed by atoms with Crippen LogP contribution in [0.3, 0.4) is 0 Å². The number of anilines is 3. The lowest BCUT2D eigenvalue weighted by Gasteiger charge is -2.34. The summed E-state index contributed by atoms with van der Waals surface area (Å²) in [6.45, 7) is 0. The summed E-state index contributed by atoms with van der Waals surface area (Å²) < 4.78 is 0. The van der Waals surface area contributed by atoms with Gasteiger partial charge in [0.2, 0.25) is 0 Å². The zero-order valence-corrected chi connectivity index (χ0v) is 33.1. The third kappa shape index (κ3) is 5.86. The summed E-state index contributed by atoms with van der Waals surface area (Å²) in [7, 11) is 0. The van der Waals surface area contributed by atoms with E-state index in [2.05, 4.69) is 254 Å². The molecule has 10 aromatic carbocycles. The fraction of sp³-hybridized carbons (Fsp3) is 0.0169. The third-order valence-corrected chi connectivity index (χ3v) is 12.4. The second kappa shape index (κ2) is 14.9. The van der Waals surface area contributed by atoms with E-state index in [0.717, 1.165) is 17.1 Å². The molecule has 0 N–H and O–H groups in total. The van der Waals surface area contributed by atoms with Gasteiger partial charge in [0.25, 0.3) is 0 Å². The Balaban J connectivity index is 1.11. The number of rotatable bonds is 8. The van der Waals surface area contributed by atoms with Crippen LogP contribution in [0.2, 0.25) is 0 Å². The van der Waals surface area contributed by atoms with Crippen LogP contribution in [0.15, 0.2) is 249 Å². The van der Waals surface area contributed by atoms with Gasteiger partial charge in [0.1, 0.15) is 0 Å². The maximum atomic E-state index is 2.46. The molecule has 0 radical (unpaired) electrons. The molecule has 11 rings (SSSR count). The Hall–Kier alpha value is -7.74. The van der Waals surface area contributed by atoms with Gasteiger partial charge in [-0.3, -0.25) is 0 Å². The molecule has 0 aromatic heterocycles. The van der Waals surface area contributed by atoms with Crippen LogP contribution in [-0.2, 0) is 5.41 Å². The van der Waals surface area contributed by atoms with Gasteiger partial charge in [0.05, 0.1) is 11.1 Å². The van der Waals surface area contributed by atoms with Crippen molar-refractivity contribution < 1.29 is 0 Å². The largest absolute Gasteiger partial charge is 0.310 e. The van der Waals surface area contributed by atoms with Crippen LogP contribution in [0.5, 0.6) is 0 Å². The molecule has 0 unspecified atom stereocenters. The maximum Gasteiger partial charge on any atom is 0.0714 e. The molecule has 0 fully saturated rings. The monoisotopic (exact) mass is 763 g/mol. The summed E-state index contributed by atoms with van der Waals surface area (Å²) in [6.07, 6.45) is 0. The Morgan fingerprint density at radius 1 is 0.283 bits per heavy atom. The van der Waals surface area contributed by atoms with E-state index in [0.29, 0.717) is 0 Å². The normalized spacial score (nSPS) is 12.5. The van der Waals surface area contributed by atoms with E-state index in [9.17, 15) is 0 Å². The lowest BCUT2D eigenvalue weighted by Crippen LogP contribution is -2.28. The predicted octanol–water partition coefficient (Wildman–Crippen LogP) is 15.7. The van der Waals surface area contributed by atoms with Crippen LogP contribution in [0, 0.1) is 0 Å². The van der Waals surface area contributed by atoms with E-state index < -0.39 is 5.41 Å². The van der Waals surface area contributed by atoms with Gasteiger partial charge in [0.15, 0.2) is 0 Å². The smallest absolute Gasteiger partial charge is 0.0714 e. The van der Waals surface area contributed by atoms with Crippen molar-refractivity contribution in [3.63, 3.8) is 0 Å². The molecule has 1 aliphatic carbocycles. The molecular weight excluding hydrogens is 723 g/mol. The fourth-order valence-electron chi connectivity index (χ4n) is 9.65. The topological polar surface area (TPSA) is 3.24 Å². The summed E-state index contributed by atoms with van der Waals surface area (Å²) in [5, 5.41) is 2.49. The van der Waals surface area contributed by atoms with Crippen molar-refractivity contribution in [2.24, 2.45) is 0 Å². The summed E-state index contributed by atoms with van der Waals surface area (Å²) in [5.74, 6) is 0. The highest BCUT2D eigenvalue weighted by atomic mass is 15.1. The number of benzene rings is 10. The third-order valence-electron chi connectivity index (χ3n) is 12.4. The fourth-order valence-corrected chi connectivity index (χ4v) is 9.65. The second-order valence-corrected chi connectivity index (χ2v) is 15.6. The minimum Gasteiger partial charge on any atom is -0.310 e. The van der Waals surface area contributed by atoms with Gasteiger partial charge in [-0.1, -0.05) is 212 Å². The van der Waals surface area contributed by atoms with Crippen molar-refractivity contribution in [2.45, 2.75) is 5.41 Å². The average molecular weight is 764 g/mol. The first-order chi connectivity index (χ1) is 29.8. The molecule has 0 amide bonds. The van der Waals surface area contributed by atoms with Crippen LogP contribution >= 0.6 is 0 Å². The van der Waals surface area contributed by atoms with Crippen molar-refractivity contribution in [3.05, 3.63) is 271 Å². The quantitative estimate of drug-likeness (QED) is 0.149. The van der Waals surface area contributed by atoms with Crippen molar-refractivity contribution >= 4 is 27.8 Å². The molecule has 0 spiro atoms. The molecule has 0 saturated heterocycles. The van der Waals surface area contributed by atoms with E-state index in [1.807, 2.05) is 0 Å². The lowest BCUT2D eigenvalue weighted by molar-refractivity contribution is 0.768. The minimum absolute atomic E-state index is 0.499. The molecular formula is C59H41N.